The van der Waals surface area contributed by atoms with Crippen molar-refractivity contribution in [3.63, 3.8) is 0 Å². The summed E-state index contributed by atoms with van der Waals surface area (Å²) in [6, 6.07) is 0. The first-order valence-corrected chi connectivity index (χ1v) is 4.21. The van der Waals surface area contributed by atoms with Crippen molar-refractivity contribution in [3.05, 3.63) is 6.92 Å². The van der Waals surface area contributed by atoms with Gasteiger partial charge in [0.25, 0.3) is 0 Å². The maximum absolute atomic E-state index is 10.9. The molecule has 0 aromatic heterocycles. The van der Waals surface area contributed by atoms with Gasteiger partial charge in [-0.15, -0.1) is 0 Å². The Bertz CT molecular complexity index is 205. The van der Waals surface area contributed by atoms with Crippen LogP contribution >= 0.6 is 0 Å². The van der Waals surface area contributed by atoms with Crippen molar-refractivity contribution in [2.24, 2.45) is 0 Å². The molecule has 0 aromatic carbocycles. The summed E-state index contributed by atoms with van der Waals surface area (Å²) in [6.07, 6.45) is -9.41. The number of hydrogen-bond donors (Lipinski definition) is 6. The minimum atomic E-state index is -2.08. The number of aliphatic hydroxyl groups excluding tert-OH is 6. The van der Waals surface area contributed by atoms with Crippen molar-refractivity contribution in [3.8, 4) is 0 Å². The van der Waals surface area contributed by atoms with Crippen LogP contribution in [0.3, 0.4) is 0 Å². The third kappa shape index (κ3) is 3.82. The second-order valence-corrected chi connectivity index (χ2v) is 3.09. The molecule has 1 radical (unpaired) electrons. The molecule has 0 fully saturated rings. The van der Waals surface area contributed by atoms with Crippen LogP contribution in [0.4, 0.5) is 0 Å². The van der Waals surface area contributed by atoms with Gasteiger partial charge in [0.1, 0.15) is 30.5 Å². The molecule has 0 aromatic rings. The van der Waals surface area contributed by atoms with E-state index in [0.29, 0.717) is 0 Å². The second-order valence-electron chi connectivity index (χ2n) is 3.09. The van der Waals surface area contributed by atoms with E-state index in [1.165, 1.54) is 0 Å². The fourth-order valence-electron chi connectivity index (χ4n) is 0.888. The van der Waals surface area contributed by atoms with Crippen LogP contribution in [-0.4, -0.2) is 73.5 Å². The van der Waals surface area contributed by atoms with Gasteiger partial charge in [-0.25, -0.2) is 0 Å². The van der Waals surface area contributed by atoms with Crippen molar-refractivity contribution in [2.75, 3.05) is 6.61 Å². The largest absolute Gasteiger partial charge is 0.394 e. The molecule has 7 nitrogen and oxygen atoms in total. The molecule has 0 bridgehead atoms. The van der Waals surface area contributed by atoms with E-state index in [1.54, 1.807) is 0 Å². The highest BCUT2D eigenvalue weighted by molar-refractivity contribution is 5.88. The van der Waals surface area contributed by atoms with Crippen LogP contribution in [0.25, 0.3) is 0 Å². The lowest BCUT2D eigenvalue weighted by molar-refractivity contribution is -0.152. The normalized spacial score (nSPS) is 21.5. The molecule has 15 heavy (non-hydrogen) atoms. The molecular formula is C8H15O7. The molecule has 0 aliphatic carbocycles. The van der Waals surface area contributed by atoms with Gasteiger partial charge in [-0.3, -0.25) is 4.79 Å². The van der Waals surface area contributed by atoms with Crippen LogP contribution < -0.4 is 0 Å². The zero-order valence-electron chi connectivity index (χ0n) is 7.89. The van der Waals surface area contributed by atoms with Crippen molar-refractivity contribution < 1.29 is 35.4 Å². The van der Waals surface area contributed by atoms with Gasteiger partial charge in [-0.05, 0) is 6.92 Å². The van der Waals surface area contributed by atoms with E-state index in [-0.39, 0.29) is 0 Å². The van der Waals surface area contributed by atoms with E-state index < -0.39 is 42.9 Å². The summed E-state index contributed by atoms with van der Waals surface area (Å²) in [5.41, 5.74) is 0. The maximum Gasteiger partial charge on any atom is 0.192 e. The van der Waals surface area contributed by atoms with Gasteiger partial charge >= 0.3 is 0 Å². The molecule has 6 N–H and O–H groups in total. The number of Topliss-reactive ketones (excluding diaryl/α,β-unsaturated/α-hetero) is 1. The summed E-state index contributed by atoms with van der Waals surface area (Å²) in [7, 11) is 0. The van der Waals surface area contributed by atoms with E-state index in [0.717, 1.165) is 0 Å². The lowest BCUT2D eigenvalue weighted by atomic mass is 9.98. The van der Waals surface area contributed by atoms with Crippen LogP contribution in [0.1, 0.15) is 0 Å². The average molecular weight is 223 g/mol. The van der Waals surface area contributed by atoms with E-state index in [2.05, 4.69) is 6.92 Å². The van der Waals surface area contributed by atoms with Crippen LogP contribution in [-0.2, 0) is 4.79 Å². The van der Waals surface area contributed by atoms with Gasteiger partial charge in [0.2, 0.25) is 0 Å². The number of hydrogen-bond acceptors (Lipinski definition) is 7. The molecule has 7 heteroatoms. The predicted molar refractivity (Wildman–Crippen MR) is 47.5 cm³/mol. The average Bonchev–Trinajstić information content (AvgIpc) is 2.23. The molecule has 0 saturated carbocycles. The molecule has 5 atom stereocenters. The van der Waals surface area contributed by atoms with Crippen LogP contribution in [0, 0.1) is 6.92 Å². The minimum Gasteiger partial charge on any atom is -0.394 e. The Morgan fingerprint density at radius 2 is 1.53 bits per heavy atom. The molecule has 0 saturated heterocycles. The van der Waals surface area contributed by atoms with Crippen LogP contribution in [0.2, 0.25) is 0 Å². The highest BCUT2D eigenvalue weighted by atomic mass is 16.4. The SMILES string of the molecule is [CH2]C(O)C(=O)[C@H](O)[C@@H](O)[C@H](O)[C@H](O)CO. The fraction of sp³-hybridized carbons (Fsp3) is 0.750. The third-order valence-corrected chi connectivity index (χ3v) is 1.87. The van der Waals surface area contributed by atoms with E-state index in [9.17, 15) is 9.90 Å². The van der Waals surface area contributed by atoms with Crippen molar-refractivity contribution in [1.29, 1.82) is 0 Å². The topological polar surface area (TPSA) is 138 Å². The summed E-state index contributed by atoms with van der Waals surface area (Å²) < 4.78 is 0. The molecule has 0 amide bonds. The zero-order valence-corrected chi connectivity index (χ0v) is 7.89. The standard InChI is InChI=1S/C8H15O7/c1-3(10)5(12)7(14)8(15)6(13)4(11)2-9/h3-4,6-11,13-15H,1-2H2/t3?,4-,6-,7+,8+/m1/s1. The summed E-state index contributed by atoms with van der Waals surface area (Å²) in [6.45, 7) is 2.07. The third-order valence-electron chi connectivity index (χ3n) is 1.87. The monoisotopic (exact) mass is 223 g/mol. The molecule has 0 heterocycles. The Morgan fingerprint density at radius 1 is 1.07 bits per heavy atom. The molecule has 1 unspecified atom stereocenters. The number of carbonyl (C=O) groups excluding carboxylic acids is 1. The first-order chi connectivity index (χ1) is 6.82. The number of ketones is 1. The van der Waals surface area contributed by atoms with E-state index in [1.807, 2.05) is 0 Å². The first-order valence-electron chi connectivity index (χ1n) is 4.21. The van der Waals surface area contributed by atoms with Crippen molar-refractivity contribution in [2.45, 2.75) is 30.5 Å². The second kappa shape index (κ2) is 6.11. The number of aliphatic hydroxyl groups is 6. The summed E-state index contributed by atoms with van der Waals surface area (Å²) in [5, 5.41) is 53.4. The highest BCUT2D eigenvalue weighted by Crippen LogP contribution is 2.07. The first kappa shape index (κ1) is 14.4. The predicted octanol–water partition coefficient (Wildman–Crippen LogP) is -3.81. The van der Waals surface area contributed by atoms with Gasteiger partial charge in [0.05, 0.1) is 6.61 Å². The molecule has 0 spiro atoms. The Labute approximate surface area is 86.2 Å². The highest BCUT2D eigenvalue weighted by Gasteiger charge is 2.35. The van der Waals surface area contributed by atoms with Gasteiger partial charge in [-0.1, -0.05) is 0 Å². The molecule has 89 valence electrons. The van der Waals surface area contributed by atoms with Crippen molar-refractivity contribution >= 4 is 5.78 Å². The Morgan fingerprint density at radius 3 is 1.87 bits per heavy atom. The lowest BCUT2D eigenvalue weighted by Crippen LogP contribution is -2.50. The molecular weight excluding hydrogens is 208 g/mol. The van der Waals surface area contributed by atoms with E-state index in [4.69, 9.17) is 25.5 Å². The van der Waals surface area contributed by atoms with Gasteiger partial charge in [-0.2, -0.15) is 0 Å². The fourth-order valence-corrected chi connectivity index (χ4v) is 0.888. The van der Waals surface area contributed by atoms with Crippen molar-refractivity contribution in [1.82, 2.24) is 0 Å². The zero-order chi connectivity index (χ0) is 12.2. The van der Waals surface area contributed by atoms with E-state index >= 15 is 0 Å². The van der Waals surface area contributed by atoms with Gasteiger partial charge in [0.15, 0.2) is 5.78 Å². The number of rotatable bonds is 6. The van der Waals surface area contributed by atoms with Gasteiger partial charge < -0.3 is 30.6 Å². The number of carbonyl (C=O) groups is 1. The van der Waals surface area contributed by atoms with Crippen LogP contribution in [0.5, 0.6) is 0 Å². The van der Waals surface area contributed by atoms with Crippen LogP contribution in [0.15, 0.2) is 0 Å². The minimum absolute atomic E-state index is 0.841. The smallest absolute Gasteiger partial charge is 0.192 e. The molecule has 0 aliphatic rings. The lowest BCUT2D eigenvalue weighted by Gasteiger charge is -2.25. The quantitative estimate of drug-likeness (QED) is 0.271. The molecule has 0 rings (SSSR count). The summed E-state index contributed by atoms with van der Waals surface area (Å²) in [5.74, 6) is -1.19. The summed E-state index contributed by atoms with van der Waals surface area (Å²) >= 11 is 0. The maximum atomic E-state index is 10.9. The Balaban J connectivity index is 4.43. The molecule has 0 aliphatic heterocycles. The Hall–Kier alpha value is -0.570. The van der Waals surface area contributed by atoms with Gasteiger partial charge in [0, 0.05) is 0 Å². The summed E-state index contributed by atoms with van der Waals surface area (Å²) in [4.78, 5) is 10.9. The Kier molecular flexibility index (Phi) is 5.88.